The number of benzene rings is 1. The van der Waals surface area contributed by atoms with E-state index in [1.54, 1.807) is 18.2 Å². The normalized spacial score (nSPS) is 9.38. The van der Waals surface area contributed by atoms with Crippen LogP contribution in [-0.2, 0) is 4.74 Å². The Labute approximate surface area is 89.2 Å². The van der Waals surface area contributed by atoms with Crippen molar-refractivity contribution >= 4 is 34.8 Å². The quantitative estimate of drug-likeness (QED) is 0.474. The molecule has 1 aromatic rings. The summed E-state index contributed by atoms with van der Waals surface area (Å²) in [6.45, 7) is 0. The molecule has 1 rings (SSSR count). The van der Waals surface area contributed by atoms with Crippen molar-refractivity contribution in [3.05, 3.63) is 32.9 Å². The van der Waals surface area contributed by atoms with E-state index in [1.165, 1.54) is 7.11 Å². The van der Waals surface area contributed by atoms with E-state index in [-0.39, 0.29) is 0 Å². The maximum Gasteiger partial charge on any atom is 0.339 e. The molecule has 0 amide bonds. The molecular weight excluding hydrogens is 283 g/mol. The minimum atomic E-state index is -0.480. The van der Waals surface area contributed by atoms with Gasteiger partial charge in [0.15, 0.2) is 6.29 Å². The van der Waals surface area contributed by atoms with Crippen LogP contribution in [0.2, 0.25) is 0 Å². The fourth-order valence-corrected chi connectivity index (χ4v) is 1.70. The van der Waals surface area contributed by atoms with Crippen molar-refractivity contribution in [1.29, 1.82) is 0 Å². The number of hydrogen-bond donors (Lipinski definition) is 0. The monoisotopic (exact) mass is 290 g/mol. The number of aldehydes is 1. The highest BCUT2D eigenvalue weighted by Crippen LogP contribution is 2.16. The Balaban J connectivity index is 3.30. The largest absolute Gasteiger partial charge is 0.465 e. The summed E-state index contributed by atoms with van der Waals surface area (Å²) in [6.07, 6.45) is 0.647. The van der Waals surface area contributed by atoms with Gasteiger partial charge in [-0.2, -0.15) is 0 Å². The fourth-order valence-electron chi connectivity index (χ4n) is 0.956. The Morgan fingerprint density at radius 1 is 1.54 bits per heavy atom. The van der Waals surface area contributed by atoms with Gasteiger partial charge in [-0.3, -0.25) is 4.79 Å². The molecule has 0 aromatic heterocycles. The minimum Gasteiger partial charge on any atom is -0.465 e. The zero-order valence-electron chi connectivity index (χ0n) is 6.91. The third-order valence-electron chi connectivity index (χ3n) is 1.56. The van der Waals surface area contributed by atoms with Crippen molar-refractivity contribution in [2.75, 3.05) is 7.11 Å². The van der Waals surface area contributed by atoms with E-state index in [2.05, 4.69) is 4.74 Å². The summed E-state index contributed by atoms with van der Waals surface area (Å²) >= 11 is 1.99. The van der Waals surface area contributed by atoms with Gasteiger partial charge in [-0.1, -0.05) is 12.1 Å². The Morgan fingerprint density at radius 3 is 2.77 bits per heavy atom. The van der Waals surface area contributed by atoms with Gasteiger partial charge >= 0.3 is 5.97 Å². The van der Waals surface area contributed by atoms with Gasteiger partial charge in [-0.25, -0.2) is 4.79 Å². The van der Waals surface area contributed by atoms with Crippen LogP contribution in [0.3, 0.4) is 0 Å². The van der Waals surface area contributed by atoms with E-state index < -0.39 is 5.97 Å². The molecule has 0 aliphatic carbocycles. The molecule has 0 atom stereocenters. The number of ether oxygens (including phenoxy) is 1. The van der Waals surface area contributed by atoms with E-state index in [9.17, 15) is 9.59 Å². The second kappa shape index (κ2) is 4.36. The first-order chi connectivity index (χ1) is 6.20. The van der Waals surface area contributed by atoms with E-state index in [0.717, 1.165) is 0 Å². The molecule has 0 saturated carbocycles. The standard InChI is InChI=1S/C9H7IO3/c1-13-9(12)8-6(5-11)3-2-4-7(8)10/h2-5H,1H3. The van der Waals surface area contributed by atoms with Gasteiger partial charge in [0, 0.05) is 9.13 Å². The molecule has 0 spiro atoms. The number of esters is 1. The second-order valence-corrected chi connectivity index (χ2v) is 3.48. The third kappa shape index (κ3) is 2.06. The van der Waals surface area contributed by atoms with Gasteiger partial charge < -0.3 is 4.74 Å². The van der Waals surface area contributed by atoms with Crippen LogP contribution in [0.1, 0.15) is 20.7 Å². The summed E-state index contributed by atoms with van der Waals surface area (Å²) in [5.41, 5.74) is 0.694. The lowest BCUT2D eigenvalue weighted by atomic mass is 10.1. The molecule has 0 N–H and O–H groups in total. The zero-order valence-corrected chi connectivity index (χ0v) is 9.07. The van der Waals surface area contributed by atoms with Crippen molar-refractivity contribution in [2.24, 2.45) is 0 Å². The van der Waals surface area contributed by atoms with Crippen LogP contribution in [-0.4, -0.2) is 19.4 Å². The molecule has 0 aliphatic heterocycles. The van der Waals surface area contributed by atoms with Crippen LogP contribution in [0.5, 0.6) is 0 Å². The van der Waals surface area contributed by atoms with Crippen molar-refractivity contribution < 1.29 is 14.3 Å². The van der Waals surface area contributed by atoms with Crippen LogP contribution in [0.4, 0.5) is 0 Å². The molecule has 0 radical (unpaired) electrons. The van der Waals surface area contributed by atoms with Crippen LogP contribution in [0, 0.1) is 3.57 Å². The van der Waals surface area contributed by atoms with Crippen molar-refractivity contribution in [2.45, 2.75) is 0 Å². The maximum atomic E-state index is 11.2. The molecule has 13 heavy (non-hydrogen) atoms. The number of rotatable bonds is 2. The summed E-state index contributed by atoms with van der Waals surface area (Å²) in [5, 5.41) is 0. The summed E-state index contributed by atoms with van der Waals surface area (Å²) in [5.74, 6) is -0.480. The van der Waals surface area contributed by atoms with Gasteiger partial charge in [0.2, 0.25) is 0 Å². The molecule has 0 fully saturated rings. The van der Waals surface area contributed by atoms with Gasteiger partial charge in [0.1, 0.15) is 0 Å². The first-order valence-electron chi connectivity index (χ1n) is 3.52. The SMILES string of the molecule is COC(=O)c1c(I)cccc1C=O. The third-order valence-corrected chi connectivity index (χ3v) is 2.46. The highest BCUT2D eigenvalue weighted by atomic mass is 127. The molecule has 3 nitrogen and oxygen atoms in total. The Hall–Kier alpha value is -0.910. The van der Waals surface area contributed by atoms with Crippen LogP contribution in [0.25, 0.3) is 0 Å². The Morgan fingerprint density at radius 2 is 2.23 bits per heavy atom. The Kier molecular flexibility index (Phi) is 3.41. The molecule has 0 unspecified atom stereocenters. The van der Waals surface area contributed by atoms with Crippen molar-refractivity contribution in [1.82, 2.24) is 0 Å². The zero-order chi connectivity index (χ0) is 9.84. The number of methoxy groups -OCH3 is 1. The second-order valence-electron chi connectivity index (χ2n) is 2.31. The lowest BCUT2D eigenvalue weighted by Crippen LogP contribution is -2.07. The molecule has 1 aromatic carbocycles. The number of halogens is 1. The van der Waals surface area contributed by atoms with Crippen LogP contribution >= 0.6 is 22.6 Å². The maximum absolute atomic E-state index is 11.2. The first kappa shape index (κ1) is 10.2. The fraction of sp³-hybridized carbons (Fsp3) is 0.111. The molecule has 0 heterocycles. The van der Waals surface area contributed by atoms with Crippen molar-refractivity contribution in [3.63, 3.8) is 0 Å². The number of carbonyl (C=O) groups excluding carboxylic acids is 2. The Bertz CT molecular complexity index is 347. The predicted octanol–water partition coefficient (Wildman–Crippen LogP) is 1.89. The topological polar surface area (TPSA) is 43.4 Å². The van der Waals surface area contributed by atoms with Gasteiger partial charge in [-0.05, 0) is 28.7 Å². The predicted molar refractivity (Wildman–Crippen MR) is 55.9 cm³/mol. The van der Waals surface area contributed by atoms with Gasteiger partial charge in [0.25, 0.3) is 0 Å². The highest BCUT2D eigenvalue weighted by molar-refractivity contribution is 14.1. The van der Waals surface area contributed by atoms with Gasteiger partial charge in [-0.15, -0.1) is 0 Å². The minimum absolute atomic E-state index is 0.334. The molecule has 0 aliphatic rings. The van der Waals surface area contributed by atoms with E-state index in [0.29, 0.717) is 21.0 Å². The average Bonchev–Trinajstić information content (AvgIpc) is 2.16. The molecule has 0 saturated heterocycles. The summed E-state index contributed by atoms with van der Waals surface area (Å²) in [7, 11) is 1.29. The van der Waals surface area contributed by atoms with Crippen LogP contribution < -0.4 is 0 Å². The molecular formula is C9H7IO3. The highest BCUT2D eigenvalue weighted by Gasteiger charge is 2.14. The summed E-state index contributed by atoms with van der Waals surface area (Å²) < 4.78 is 5.27. The smallest absolute Gasteiger partial charge is 0.339 e. The van der Waals surface area contributed by atoms with Crippen LogP contribution in [0.15, 0.2) is 18.2 Å². The van der Waals surface area contributed by atoms with E-state index >= 15 is 0 Å². The first-order valence-corrected chi connectivity index (χ1v) is 4.60. The van der Waals surface area contributed by atoms with Gasteiger partial charge in [0.05, 0.1) is 12.7 Å². The average molecular weight is 290 g/mol. The molecule has 4 heteroatoms. The van der Waals surface area contributed by atoms with Crippen molar-refractivity contribution in [3.8, 4) is 0 Å². The summed E-state index contributed by atoms with van der Waals surface area (Å²) in [4.78, 5) is 21.8. The van der Waals surface area contributed by atoms with E-state index in [4.69, 9.17) is 0 Å². The number of hydrogen-bond acceptors (Lipinski definition) is 3. The molecule has 0 bridgehead atoms. The summed E-state index contributed by atoms with van der Waals surface area (Å²) in [6, 6.07) is 5.05. The van der Waals surface area contributed by atoms with E-state index in [1.807, 2.05) is 22.6 Å². The lowest BCUT2D eigenvalue weighted by molar-refractivity contribution is 0.0597. The molecule has 68 valence electrons. The lowest BCUT2D eigenvalue weighted by Gasteiger charge is -2.04. The number of carbonyl (C=O) groups is 2.